The number of carbonyl (C=O) groups is 3. The highest BCUT2D eigenvalue weighted by atomic mass is 16.3. The molecular weight excluding hydrogens is 352 g/mol. The minimum atomic E-state index is -0.250. The van der Waals surface area contributed by atoms with Crippen LogP contribution < -0.4 is 16.8 Å². The van der Waals surface area contributed by atoms with Gasteiger partial charge < -0.3 is 26.8 Å². The second-order valence-electron chi connectivity index (χ2n) is 5.98. The SMILES string of the molecule is NC(=O)C1CCN(CCCNC(=O)C=Cc2cnc(N)nc2)CC1.O=CO. The molecule has 0 atom stereocenters. The largest absolute Gasteiger partial charge is 0.483 e. The van der Waals surface area contributed by atoms with Crippen LogP contribution in [0.4, 0.5) is 5.95 Å². The maximum absolute atomic E-state index is 11.7. The number of piperidine rings is 1. The summed E-state index contributed by atoms with van der Waals surface area (Å²) in [6, 6.07) is 0. The van der Waals surface area contributed by atoms with Crippen molar-refractivity contribution >= 4 is 30.3 Å². The number of anilines is 1. The molecule has 2 rings (SSSR count). The van der Waals surface area contributed by atoms with Gasteiger partial charge in [-0.2, -0.15) is 0 Å². The number of carboxylic acid groups (broad SMARTS) is 1. The number of rotatable bonds is 7. The third-order valence-corrected chi connectivity index (χ3v) is 4.06. The van der Waals surface area contributed by atoms with Crippen LogP contribution in [-0.2, 0) is 14.4 Å². The van der Waals surface area contributed by atoms with Gasteiger partial charge in [-0.3, -0.25) is 14.4 Å². The van der Waals surface area contributed by atoms with Crippen LogP contribution in [0.25, 0.3) is 6.08 Å². The highest BCUT2D eigenvalue weighted by molar-refractivity contribution is 5.91. The lowest BCUT2D eigenvalue weighted by atomic mass is 9.96. The number of aromatic nitrogens is 2. The fourth-order valence-corrected chi connectivity index (χ4v) is 2.62. The highest BCUT2D eigenvalue weighted by Gasteiger charge is 2.22. The van der Waals surface area contributed by atoms with Gasteiger partial charge in [-0.15, -0.1) is 0 Å². The lowest BCUT2D eigenvalue weighted by Gasteiger charge is -2.30. The standard InChI is InChI=1S/C16H24N6O2.CH2O2/c17-15(24)13-4-8-22(9-5-13)7-1-6-19-14(23)3-2-12-10-20-16(18)21-11-12;2-1-3/h2-3,10-11,13H,1,4-9H2,(H2,17,24)(H,19,23)(H2,18,20,21);1H,(H,2,3). The monoisotopic (exact) mass is 378 g/mol. The summed E-state index contributed by atoms with van der Waals surface area (Å²) in [5, 5.41) is 9.73. The molecule has 1 aliphatic rings. The molecule has 0 unspecified atom stereocenters. The Balaban J connectivity index is 0.00000114. The lowest BCUT2D eigenvalue weighted by molar-refractivity contribution is -0.123. The van der Waals surface area contributed by atoms with Gasteiger partial charge in [-0.05, 0) is 45.0 Å². The number of primary amides is 1. The van der Waals surface area contributed by atoms with Crippen LogP contribution in [0, 0.1) is 5.92 Å². The van der Waals surface area contributed by atoms with Gasteiger partial charge in [0.1, 0.15) is 0 Å². The summed E-state index contributed by atoms with van der Waals surface area (Å²) in [5.41, 5.74) is 11.4. The molecule has 10 heteroatoms. The van der Waals surface area contributed by atoms with Crippen LogP contribution in [0.5, 0.6) is 0 Å². The van der Waals surface area contributed by atoms with E-state index in [-0.39, 0.29) is 30.2 Å². The average Bonchev–Trinajstić information content (AvgIpc) is 2.66. The maximum Gasteiger partial charge on any atom is 0.290 e. The zero-order valence-electron chi connectivity index (χ0n) is 15.1. The van der Waals surface area contributed by atoms with E-state index >= 15 is 0 Å². The number of nitrogen functional groups attached to an aromatic ring is 1. The summed E-state index contributed by atoms with van der Waals surface area (Å²) in [6.45, 7) is 3.04. The Morgan fingerprint density at radius 3 is 2.44 bits per heavy atom. The molecule has 1 fully saturated rings. The van der Waals surface area contributed by atoms with E-state index in [2.05, 4.69) is 20.2 Å². The fourth-order valence-electron chi connectivity index (χ4n) is 2.62. The number of likely N-dealkylation sites (tertiary alicyclic amines) is 1. The molecule has 6 N–H and O–H groups in total. The zero-order valence-corrected chi connectivity index (χ0v) is 15.1. The summed E-state index contributed by atoms with van der Waals surface area (Å²) in [6.07, 6.45) is 8.73. The molecule has 0 spiro atoms. The molecule has 0 saturated carbocycles. The topological polar surface area (TPSA) is 165 Å². The second-order valence-corrected chi connectivity index (χ2v) is 5.98. The number of nitrogens with two attached hydrogens (primary N) is 2. The van der Waals surface area contributed by atoms with Crippen LogP contribution in [0.2, 0.25) is 0 Å². The van der Waals surface area contributed by atoms with Gasteiger partial charge in [0.05, 0.1) is 0 Å². The average molecular weight is 378 g/mol. The number of nitrogens with one attached hydrogen (secondary N) is 1. The van der Waals surface area contributed by atoms with Gasteiger partial charge in [0.2, 0.25) is 17.8 Å². The molecule has 1 saturated heterocycles. The third-order valence-electron chi connectivity index (χ3n) is 4.06. The first-order chi connectivity index (χ1) is 13.0. The molecule has 10 nitrogen and oxygen atoms in total. The van der Waals surface area contributed by atoms with Crippen LogP contribution >= 0.6 is 0 Å². The molecule has 2 heterocycles. The number of hydrogen-bond acceptors (Lipinski definition) is 7. The zero-order chi connectivity index (χ0) is 20.1. The smallest absolute Gasteiger partial charge is 0.290 e. The van der Waals surface area contributed by atoms with Crippen LogP contribution in [0.15, 0.2) is 18.5 Å². The Hall–Kier alpha value is -3.01. The summed E-state index contributed by atoms with van der Waals surface area (Å²) in [7, 11) is 0. The first kappa shape index (κ1) is 22.0. The number of carbonyl (C=O) groups excluding carboxylic acids is 2. The first-order valence-corrected chi connectivity index (χ1v) is 8.59. The van der Waals surface area contributed by atoms with Crippen molar-refractivity contribution in [2.24, 2.45) is 11.7 Å². The number of hydrogen-bond donors (Lipinski definition) is 4. The molecular formula is C17H26N6O4. The molecule has 0 bridgehead atoms. The van der Waals surface area contributed by atoms with Gasteiger partial charge in [0, 0.05) is 36.5 Å². The highest BCUT2D eigenvalue weighted by Crippen LogP contribution is 2.16. The van der Waals surface area contributed by atoms with Gasteiger partial charge in [-0.25, -0.2) is 9.97 Å². The molecule has 27 heavy (non-hydrogen) atoms. The third kappa shape index (κ3) is 9.31. The number of amides is 2. The first-order valence-electron chi connectivity index (χ1n) is 8.59. The lowest BCUT2D eigenvalue weighted by Crippen LogP contribution is -2.39. The van der Waals surface area contributed by atoms with Crippen LogP contribution in [0.3, 0.4) is 0 Å². The van der Waals surface area contributed by atoms with E-state index in [1.807, 2.05) is 0 Å². The van der Waals surface area contributed by atoms with Crippen molar-refractivity contribution in [3.63, 3.8) is 0 Å². The van der Waals surface area contributed by atoms with E-state index in [1.165, 1.54) is 6.08 Å². The van der Waals surface area contributed by atoms with E-state index < -0.39 is 0 Å². The molecule has 0 aromatic carbocycles. The summed E-state index contributed by atoms with van der Waals surface area (Å²) in [4.78, 5) is 41.2. The second kappa shape index (κ2) is 12.4. The summed E-state index contributed by atoms with van der Waals surface area (Å²) in [5.74, 6) is -0.126. The Morgan fingerprint density at radius 1 is 1.30 bits per heavy atom. The van der Waals surface area contributed by atoms with E-state index in [0.29, 0.717) is 6.54 Å². The molecule has 1 aliphatic heterocycles. The van der Waals surface area contributed by atoms with Gasteiger partial charge in [0.15, 0.2) is 0 Å². The van der Waals surface area contributed by atoms with Crippen molar-refractivity contribution in [1.82, 2.24) is 20.2 Å². The van der Waals surface area contributed by atoms with Gasteiger partial charge in [0.25, 0.3) is 6.47 Å². The molecule has 1 aromatic rings. The quantitative estimate of drug-likeness (QED) is 0.279. The molecule has 0 radical (unpaired) electrons. The maximum atomic E-state index is 11.7. The van der Waals surface area contributed by atoms with Crippen molar-refractivity contribution in [2.45, 2.75) is 19.3 Å². The Labute approximate surface area is 157 Å². The minimum absolute atomic E-state index is 0.0170. The Bertz CT molecular complexity index is 627. The normalized spacial score (nSPS) is 15.0. The molecule has 2 amide bonds. The predicted octanol–water partition coefficient (Wildman–Crippen LogP) is -0.524. The van der Waals surface area contributed by atoms with Crippen molar-refractivity contribution in [3.05, 3.63) is 24.0 Å². The van der Waals surface area contributed by atoms with E-state index in [1.54, 1.807) is 18.5 Å². The van der Waals surface area contributed by atoms with E-state index in [0.717, 1.165) is 44.5 Å². The van der Waals surface area contributed by atoms with Crippen molar-refractivity contribution in [3.8, 4) is 0 Å². The van der Waals surface area contributed by atoms with Gasteiger partial charge in [-0.1, -0.05) is 0 Å². The van der Waals surface area contributed by atoms with Crippen LogP contribution in [0.1, 0.15) is 24.8 Å². The molecule has 148 valence electrons. The van der Waals surface area contributed by atoms with Gasteiger partial charge >= 0.3 is 0 Å². The van der Waals surface area contributed by atoms with Crippen molar-refractivity contribution in [2.75, 3.05) is 31.9 Å². The number of nitrogens with zero attached hydrogens (tertiary/aromatic N) is 3. The van der Waals surface area contributed by atoms with E-state index in [4.69, 9.17) is 21.4 Å². The summed E-state index contributed by atoms with van der Waals surface area (Å²) >= 11 is 0. The van der Waals surface area contributed by atoms with Crippen molar-refractivity contribution < 1.29 is 19.5 Å². The van der Waals surface area contributed by atoms with E-state index in [9.17, 15) is 9.59 Å². The molecule has 0 aliphatic carbocycles. The molecule has 1 aromatic heterocycles. The van der Waals surface area contributed by atoms with Crippen LogP contribution in [-0.4, -0.2) is 64.4 Å². The predicted molar refractivity (Wildman–Crippen MR) is 100 cm³/mol. The Kier molecular flexibility index (Phi) is 10.1. The fraction of sp³-hybridized carbons (Fsp3) is 0.471. The minimum Gasteiger partial charge on any atom is -0.483 e. The Morgan fingerprint density at radius 2 is 1.89 bits per heavy atom. The summed E-state index contributed by atoms with van der Waals surface area (Å²) < 4.78 is 0. The van der Waals surface area contributed by atoms with Crippen molar-refractivity contribution in [1.29, 1.82) is 0 Å².